The van der Waals surface area contributed by atoms with Crippen molar-refractivity contribution in [3.63, 3.8) is 0 Å². The Morgan fingerprint density at radius 1 is 1.00 bits per heavy atom. The second kappa shape index (κ2) is 10.6. The molecule has 0 spiro atoms. The number of hydrogen-bond donors (Lipinski definition) is 0. The lowest BCUT2D eigenvalue weighted by molar-refractivity contribution is 0.0359. The summed E-state index contributed by atoms with van der Waals surface area (Å²) in [5.41, 5.74) is 4.07. The lowest BCUT2D eigenvalue weighted by atomic mass is 9.87. The molecular formula is C32H34N2O2S. The molecule has 0 aromatic heterocycles. The Morgan fingerprint density at radius 3 is 2.38 bits per heavy atom. The fourth-order valence-corrected chi connectivity index (χ4v) is 6.87. The van der Waals surface area contributed by atoms with Crippen LogP contribution in [0.3, 0.4) is 0 Å². The number of amides is 1. The third-order valence-corrected chi connectivity index (χ3v) is 8.63. The normalized spacial score (nSPS) is 20.9. The summed E-state index contributed by atoms with van der Waals surface area (Å²) in [6.45, 7) is 6.75. The van der Waals surface area contributed by atoms with Crippen LogP contribution in [-0.4, -0.2) is 29.0 Å². The standard InChI is InChI=1S/C32H34N2O2S/c1-32(2,3)29-9-4-5-10-30(29)37-21-22-11-13-24(14-12-22)31(35)34-25-15-16-26(34)19-28(18-25)36-27-8-6-7-23(17-27)20-33/h4-14,17,25-26,28H,15-16,18-19,21H2,1-3H3/t25-,26-/m0/s1. The molecule has 2 bridgehead atoms. The largest absolute Gasteiger partial charge is 0.490 e. The predicted molar refractivity (Wildman–Crippen MR) is 149 cm³/mol. The molecule has 2 saturated heterocycles. The van der Waals surface area contributed by atoms with E-state index < -0.39 is 0 Å². The molecule has 2 heterocycles. The van der Waals surface area contributed by atoms with E-state index in [0.717, 1.165) is 42.7 Å². The van der Waals surface area contributed by atoms with Crippen LogP contribution in [0.1, 0.15) is 73.5 Å². The molecule has 4 nitrogen and oxygen atoms in total. The summed E-state index contributed by atoms with van der Waals surface area (Å²) in [6, 6.07) is 26.7. The minimum atomic E-state index is 0.0749. The Labute approximate surface area is 224 Å². The van der Waals surface area contributed by atoms with Crippen molar-refractivity contribution in [1.82, 2.24) is 4.90 Å². The first-order valence-corrected chi connectivity index (χ1v) is 14.1. The van der Waals surface area contributed by atoms with E-state index in [1.807, 2.05) is 36.0 Å². The van der Waals surface area contributed by atoms with Gasteiger partial charge in [-0.25, -0.2) is 0 Å². The first-order chi connectivity index (χ1) is 17.8. The fraction of sp³-hybridized carbons (Fsp3) is 0.375. The van der Waals surface area contributed by atoms with Gasteiger partial charge >= 0.3 is 0 Å². The zero-order chi connectivity index (χ0) is 26.0. The number of hydrogen-bond acceptors (Lipinski definition) is 4. The Bertz CT molecular complexity index is 1290. The van der Waals surface area contributed by atoms with Crippen LogP contribution < -0.4 is 4.74 Å². The van der Waals surface area contributed by atoms with E-state index in [1.54, 1.807) is 12.1 Å². The molecule has 37 heavy (non-hydrogen) atoms. The molecule has 2 aliphatic heterocycles. The summed E-state index contributed by atoms with van der Waals surface area (Å²) in [6.07, 6.45) is 3.79. The van der Waals surface area contributed by atoms with Gasteiger partial charge in [-0.1, -0.05) is 57.2 Å². The van der Waals surface area contributed by atoms with Gasteiger partial charge in [0.05, 0.1) is 11.6 Å². The van der Waals surface area contributed by atoms with Gasteiger partial charge in [0.1, 0.15) is 11.9 Å². The van der Waals surface area contributed by atoms with E-state index in [9.17, 15) is 4.79 Å². The van der Waals surface area contributed by atoms with Crippen LogP contribution in [-0.2, 0) is 11.2 Å². The van der Waals surface area contributed by atoms with Crippen LogP contribution in [0, 0.1) is 11.3 Å². The monoisotopic (exact) mass is 510 g/mol. The van der Waals surface area contributed by atoms with Gasteiger partial charge in [-0.05, 0) is 65.8 Å². The molecule has 0 saturated carbocycles. The van der Waals surface area contributed by atoms with Crippen LogP contribution in [0.15, 0.2) is 77.7 Å². The van der Waals surface area contributed by atoms with Crippen molar-refractivity contribution in [3.05, 3.63) is 95.1 Å². The molecule has 0 aliphatic carbocycles. The average molecular weight is 511 g/mol. The Balaban J connectivity index is 1.21. The third kappa shape index (κ3) is 5.70. The highest BCUT2D eigenvalue weighted by molar-refractivity contribution is 7.98. The van der Waals surface area contributed by atoms with Crippen molar-refractivity contribution in [1.29, 1.82) is 5.26 Å². The molecule has 3 aromatic rings. The quantitative estimate of drug-likeness (QED) is 0.325. The number of fused-ring (bicyclic) bond motifs is 2. The summed E-state index contributed by atoms with van der Waals surface area (Å²) in [5.74, 6) is 1.75. The van der Waals surface area contributed by atoms with Gasteiger partial charge in [0.15, 0.2) is 0 Å². The SMILES string of the molecule is CC(C)(C)c1ccccc1SCc1ccc(C(=O)N2[C@H]3CC[C@H]2CC(Oc2cccc(C#N)c2)C3)cc1. The van der Waals surface area contributed by atoms with E-state index in [1.165, 1.54) is 16.0 Å². The average Bonchev–Trinajstić information content (AvgIpc) is 3.17. The van der Waals surface area contributed by atoms with Crippen LogP contribution in [0.5, 0.6) is 5.75 Å². The maximum Gasteiger partial charge on any atom is 0.254 e. The fourth-order valence-electron chi connectivity index (χ4n) is 5.65. The summed E-state index contributed by atoms with van der Waals surface area (Å²) < 4.78 is 6.23. The molecule has 2 aliphatic rings. The van der Waals surface area contributed by atoms with Crippen molar-refractivity contribution < 1.29 is 9.53 Å². The van der Waals surface area contributed by atoms with Crippen molar-refractivity contribution in [2.45, 2.75) is 80.7 Å². The molecule has 0 N–H and O–H groups in total. The summed E-state index contributed by atoms with van der Waals surface area (Å²) in [7, 11) is 0. The van der Waals surface area contributed by atoms with Crippen molar-refractivity contribution in [2.24, 2.45) is 0 Å². The first kappa shape index (κ1) is 25.4. The molecule has 0 radical (unpaired) electrons. The zero-order valence-electron chi connectivity index (χ0n) is 21.8. The number of rotatable bonds is 6. The second-order valence-electron chi connectivity index (χ2n) is 11.2. The van der Waals surface area contributed by atoms with E-state index in [4.69, 9.17) is 10.00 Å². The number of nitriles is 1. The third-order valence-electron chi connectivity index (χ3n) is 7.48. The van der Waals surface area contributed by atoms with Crippen LogP contribution in [0.25, 0.3) is 0 Å². The number of thioether (sulfide) groups is 1. The van der Waals surface area contributed by atoms with Crippen molar-refractivity contribution >= 4 is 17.7 Å². The summed E-state index contributed by atoms with van der Waals surface area (Å²) in [4.78, 5) is 16.9. The maximum atomic E-state index is 13.5. The molecule has 3 aromatic carbocycles. The molecule has 5 heteroatoms. The van der Waals surface area contributed by atoms with Crippen molar-refractivity contribution in [3.8, 4) is 11.8 Å². The Morgan fingerprint density at radius 2 is 1.70 bits per heavy atom. The van der Waals surface area contributed by atoms with E-state index >= 15 is 0 Å². The van der Waals surface area contributed by atoms with Crippen molar-refractivity contribution in [2.75, 3.05) is 0 Å². The van der Waals surface area contributed by atoms with Crippen LogP contribution >= 0.6 is 11.8 Å². The van der Waals surface area contributed by atoms with E-state index in [0.29, 0.717) is 5.56 Å². The molecule has 2 atom stereocenters. The van der Waals surface area contributed by atoms with Gasteiger partial charge < -0.3 is 9.64 Å². The van der Waals surface area contributed by atoms with Gasteiger partial charge in [0.2, 0.25) is 0 Å². The maximum absolute atomic E-state index is 13.5. The van der Waals surface area contributed by atoms with Crippen LogP contribution in [0.2, 0.25) is 0 Å². The Hall–Kier alpha value is -3.23. The van der Waals surface area contributed by atoms with Gasteiger partial charge in [-0.2, -0.15) is 5.26 Å². The number of ether oxygens (including phenoxy) is 1. The smallest absolute Gasteiger partial charge is 0.254 e. The molecule has 5 rings (SSSR count). The van der Waals surface area contributed by atoms with Gasteiger partial charge in [-0.3, -0.25) is 4.79 Å². The minimum Gasteiger partial charge on any atom is -0.490 e. The number of benzene rings is 3. The molecule has 1 amide bonds. The Kier molecular flexibility index (Phi) is 7.31. The molecular weight excluding hydrogens is 476 g/mol. The predicted octanol–water partition coefficient (Wildman–Crippen LogP) is 7.36. The van der Waals surface area contributed by atoms with Crippen LogP contribution in [0.4, 0.5) is 0 Å². The van der Waals surface area contributed by atoms with E-state index in [-0.39, 0.29) is 29.5 Å². The van der Waals surface area contributed by atoms with Gasteiger partial charge in [0.25, 0.3) is 5.91 Å². The first-order valence-electron chi connectivity index (χ1n) is 13.1. The van der Waals surface area contributed by atoms with E-state index in [2.05, 4.69) is 68.1 Å². The highest BCUT2D eigenvalue weighted by Gasteiger charge is 2.44. The summed E-state index contributed by atoms with van der Waals surface area (Å²) >= 11 is 1.86. The van der Waals surface area contributed by atoms with Gasteiger partial charge in [0, 0.05) is 41.1 Å². The molecule has 190 valence electrons. The molecule has 2 fully saturated rings. The lowest BCUT2D eigenvalue weighted by Gasteiger charge is -2.39. The van der Waals surface area contributed by atoms with Gasteiger partial charge in [-0.15, -0.1) is 11.8 Å². The zero-order valence-corrected chi connectivity index (χ0v) is 22.6. The highest BCUT2D eigenvalue weighted by atomic mass is 32.2. The topological polar surface area (TPSA) is 53.3 Å². The number of carbonyl (C=O) groups excluding carboxylic acids is 1. The molecule has 0 unspecified atom stereocenters. The lowest BCUT2D eigenvalue weighted by Crippen LogP contribution is -2.49. The summed E-state index contributed by atoms with van der Waals surface area (Å²) in [5, 5.41) is 9.15. The number of piperidine rings is 1. The number of nitrogens with zero attached hydrogens (tertiary/aromatic N) is 2. The second-order valence-corrected chi connectivity index (χ2v) is 12.2. The minimum absolute atomic E-state index is 0.0749. The number of carbonyl (C=O) groups is 1. The highest BCUT2D eigenvalue weighted by Crippen LogP contribution is 2.39.